The number of nitrogens with zero attached hydrogens (tertiary/aromatic N) is 5. The molecule has 2 aliphatic rings. The van der Waals surface area contributed by atoms with Gasteiger partial charge in [0.25, 0.3) is 0 Å². The van der Waals surface area contributed by atoms with Gasteiger partial charge in [-0.2, -0.15) is 4.98 Å². The van der Waals surface area contributed by atoms with E-state index in [4.69, 9.17) is 30.8 Å². The Balaban J connectivity index is 1.14. The molecule has 220 valence electrons. The maximum atomic E-state index is 14.2. The number of ether oxygens (including phenoxy) is 3. The molecule has 2 atom stereocenters. The molecule has 0 spiro atoms. The summed E-state index contributed by atoms with van der Waals surface area (Å²) in [7, 11) is 1.39. The van der Waals surface area contributed by atoms with E-state index in [1.54, 1.807) is 24.3 Å². The summed E-state index contributed by atoms with van der Waals surface area (Å²) in [6, 6.07) is 15.7. The molecule has 4 aromatic rings. The van der Waals surface area contributed by atoms with Crippen molar-refractivity contribution >= 4 is 34.4 Å². The second-order valence-electron chi connectivity index (χ2n) is 10.6. The number of piperazine rings is 1. The smallest absolute Gasteiger partial charge is 0.337 e. The van der Waals surface area contributed by atoms with Crippen LogP contribution in [0.3, 0.4) is 0 Å². The molecule has 0 amide bonds. The van der Waals surface area contributed by atoms with Gasteiger partial charge in [0.1, 0.15) is 24.1 Å². The highest BCUT2D eigenvalue weighted by molar-refractivity contribution is 6.30. The third-order valence-corrected chi connectivity index (χ3v) is 8.27. The van der Waals surface area contributed by atoms with Crippen molar-refractivity contribution in [1.82, 2.24) is 19.4 Å². The number of esters is 1. The highest BCUT2D eigenvalue weighted by atomic mass is 35.5. The first-order valence-electron chi connectivity index (χ1n) is 14.1. The van der Waals surface area contributed by atoms with Crippen LogP contribution in [0, 0.1) is 5.82 Å². The van der Waals surface area contributed by atoms with Crippen LogP contribution in [0.5, 0.6) is 5.88 Å². The number of imidazole rings is 1. The molecule has 4 heterocycles. The molecule has 0 N–H and O–H groups in total. The van der Waals surface area contributed by atoms with Gasteiger partial charge in [0.2, 0.25) is 5.88 Å². The molecule has 0 radical (unpaired) electrons. The van der Waals surface area contributed by atoms with Crippen molar-refractivity contribution in [3.8, 4) is 5.88 Å². The molecule has 2 fully saturated rings. The number of rotatable bonds is 9. The van der Waals surface area contributed by atoms with E-state index in [-0.39, 0.29) is 24.7 Å². The summed E-state index contributed by atoms with van der Waals surface area (Å²) >= 11 is 5.85. The summed E-state index contributed by atoms with van der Waals surface area (Å²) in [5.74, 6) is 1.45. The van der Waals surface area contributed by atoms with Gasteiger partial charge in [-0.15, -0.1) is 0 Å². The van der Waals surface area contributed by atoms with E-state index < -0.39 is 5.82 Å². The standard InChI is InChI=1S/C31H33ClFN5O4/c1-20(30-34-26-9-7-21(31(39)40-2)16-27(26)38(30)18-24-10-15-41-24)36-11-13-37(14-12-36)28-4-3-5-29(35-28)42-19-22-6-8-23(32)17-25(22)33/h3-9,16-17,20,24H,10-15,18-19H2,1-2H3. The minimum absolute atomic E-state index is 0.0538. The van der Waals surface area contributed by atoms with Crippen LogP contribution >= 0.6 is 11.6 Å². The average Bonchev–Trinajstić information content (AvgIpc) is 3.35. The molecular formula is C31H33ClFN5O4. The molecule has 2 saturated heterocycles. The quantitative estimate of drug-likeness (QED) is 0.243. The number of benzene rings is 2. The summed E-state index contributed by atoms with van der Waals surface area (Å²) < 4.78 is 32.9. The van der Waals surface area contributed by atoms with Gasteiger partial charge < -0.3 is 23.7 Å². The van der Waals surface area contributed by atoms with Gasteiger partial charge in [0.05, 0.1) is 42.4 Å². The highest BCUT2D eigenvalue weighted by Gasteiger charge is 2.29. The molecule has 0 aliphatic carbocycles. The van der Waals surface area contributed by atoms with Gasteiger partial charge >= 0.3 is 5.97 Å². The van der Waals surface area contributed by atoms with Gasteiger partial charge in [-0.3, -0.25) is 4.90 Å². The SMILES string of the molecule is COC(=O)c1ccc2nc(C(C)N3CCN(c4cccc(OCc5ccc(Cl)cc5F)n4)CC3)n(CC3CCO3)c2c1. The summed E-state index contributed by atoms with van der Waals surface area (Å²) in [5, 5.41) is 0.349. The molecule has 0 bridgehead atoms. The molecule has 0 saturated carbocycles. The Bertz CT molecular complexity index is 1590. The van der Waals surface area contributed by atoms with Crippen molar-refractivity contribution in [2.24, 2.45) is 0 Å². The van der Waals surface area contributed by atoms with E-state index in [0.717, 1.165) is 61.9 Å². The molecule has 11 heteroatoms. The number of halogens is 2. The fraction of sp³-hybridized carbons (Fsp3) is 0.387. The van der Waals surface area contributed by atoms with Gasteiger partial charge in [-0.1, -0.05) is 23.7 Å². The van der Waals surface area contributed by atoms with E-state index in [2.05, 4.69) is 26.3 Å². The van der Waals surface area contributed by atoms with Crippen LogP contribution in [-0.4, -0.2) is 71.4 Å². The van der Waals surface area contributed by atoms with Crippen molar-refractivity contribution in [3.63, 3.8) is 0 Å². The van der Waals surface area contributed by atoms with Gasteiger partial charge in [-0.05, 0) is 49.7 Å². The maximum Gasteiger partial charge on any atom is 0.337 e. The van der Waals surface area contributed by atoms with Crippen molar-refractivity contribution in [3.05, 3.63) is 82.4 Å². The number of fused-ring (bicyclic) bond motifs is 1. The zero-order valence-corrected chi connectivity index (χ0v) is 24.4. The third kappa shape index (κ3) is 5.92. The van der Waals surface area contributed by atoms with Crippen LogP contribution in [0.25, 0.3) is 11.0 Å². The zero-order chi connectivity index (χ0) is 29.2. The van der Waals surface area contributed by atoms with Crippen LogP contribution in [0.15, 0.2) is 54.6 Å². The van der Waals surface area contributed by atoms with Gasteiger partial charge in [0.15, 0.2) is 0 Å². The van der Waals surface area contributed by atoms with E-state index in [9.17, 15) is 9.18 Å². The maximum absolute atomic E-state index is 14.2. The number of carbonyl (C=O) groups is 1. The molecular weight excluding hydrogens is 561 g/mol. The van der Waals surface area contributed by atoms with Gasteiger partial charge in [0, 0.05) is 49.4 Å². The lowest BCUT2D eigenvalue weighted by atomic mass is 10.1. The number of anilines is 1. The molecule has 2 unspecified atom stereocenters. The first kappa shape index (κ1) is 28.4. The van der Waals surface area contributed by atoms with Crippen molar-refractivity contribution in [1.29, 1.82) is 0 Å². The minimum Gasteiger partial charge on any atom is -0.473 e. The Kier molecular flexibility index (Phi) is 8.28. The third-order valence-electron chi connectivity index (χ3n) is 8.04. The summed E-state index contributed by atoms with van der Waals surface area (Å²) in [6.45, 7) is 6.92. The molecule has 2 aromatic heterocycles. The second kappa shape index (κ2) is 12.2. The summed E-state index contributed by atoms with van der Waals surface area (Å²) in [6.07, 6.45) is 1.15. The lowest BCUT2D eigenvalue weighted by molar-refractivity contribution is -0.0594. The number of pyridine rings is 1. The Morgan fingerprint density at radius 1 is 1.12 bits per heavy atom. The van der Waals surface area contributed by atoms with Crippen molar-refractivity contribution in [2.75, 3.05) is 44.8 Å². The Labute approximate surface area is 248 Å². The largest absolute Gasteiger partial charge is 0.473 e. The van der Waals surface area contributed by atoms with E-state index >= 15 is 0 Å². The van der Waals surface area contributed by atoms with Crippen LogP contribution < -0.4 is 9.64 Å². The fourth-order valence-electron chi connectivity index (χ4n) is 5.48. The molecule has 9 nitrogen and oxygen atoms in total. The molecule has 2 aliphatic heterocycles. The topological polar surface area (TPSA) is 82.0 Å². The molecule has 6 rings (SSSR count). The lowest BCUT2D eigenvalue weighted by Crippen LogP contribution is -2.48. The predicted molar refractivity (Wildman–Crippen MR) is 158 cm³/mol. The van der Waals surface area contributed by atoms with E-state index in [1.165, 1.54) is 13.2 Å². The number of hydrogen-bond acceptors (Lipinski definition) is 8. The van der Waals surface area contributed by atoms with E-state index in [1.807, 2.05) is 24.3 Å². The lowest BCUT2D eigenvalue weighted by Gasteiger charge is -2.38. The van der Waals surface area contributed by atoms with Crippen molar-refractivity contribution < 1.29 is 23.4 Å². The summed E-state index contributed by atoms with van der Waals surface area (Å²) in [4.78, 5) is 26.5. The van der Waals surface area contributed by atoms with Gasteiger partial charge in [-0.25, -0.2) is 14.2 Å². The van der Waals surface area contributed by atoms with Crippen LogP contribution in [0.2, 0.25) is 5.02 Å². The number of methoxy groups -OCH3 is 1. The Hall–Kier alpha value is -3.73. The summed E-state index contributed by atoms with van der Waals surface area (Å²) in [5.41, 5.74) is 2.69. The highest BCUT2D eigenvalue weighted by Crippen LogP contribution is 2.29. The Morgan fingerprint density at radius 2 is 1.93 bits per heavy atom. The van der Waals surface area contributed by atoms with Crippen LogP contribution in [-0.2, 0) is 22.6 Å². The number of hydrogen-bond donors (Lipinski definition) is 0. The van der Waals surface area contributed by atoms with E-state index in [0.29, 0.717) is 28.6 Å². The first-order chi connectivity index (χ1) is 20.4. The normalized spacial score (nSPS) is 18.1. The molecule has 42 heavy (non-hydrogen) atoms. The zero-order valence-electron chi connectivity index (χ0n) is 23.6. The Morgan fingerprint density at radius 3 is 2.64 bits per heavy atom. The molecule has 2 aromatic carbocycles. The second-order valence-corrected chi connectivity index (χ2v) is 11.1. The van der Waals surface area contributed by atoms with Crippen molar-refractivity contribution in [2.45, 2.75) is 38.6 Å². The average molecular weight is 594 g/mol. The van der Waals surface area contributed by atoms with Crippen LogP contribution in [0.4, 0.5) is 10.2 Å². The predicted octanol–water partition coefficient (Wildman–Crippen LogP) is 5.26. The monoisotopic (exact) mass is 593 g/mol. The minimum atomic E-state index is -0.401. The first-order valence-corrected chi connectivity index (χ1v) is 14.5. The number of aromatic nitrogens is 3. The number of carbonyl (C=O) groups excluding carboxylic acids is 1. The fourth-order valence-corrected chi connectivity index (χ4v) is 5.64. The van der Waals surface area contributed by atoms with Crippen LogP contribution in [0.1, 0.15) is 41.1 Å².